The molecule has 1 saturated heterocycles. The summed E-state index contributed by atoms with van der Waals surface area (Å²) in [7, 11) is 2.14. The van der Waals surface area contributed by atoms with Gasteiger partial charge >= 0.3 is 6.09 Å². The second-order valence-corrected chi connectivity index (χ2v) is 9.12. The summed E-state index contributed by atoms with van der Waals surface area (Å²) in [6.07, 6.45) is 2.24. The van der Waals surface area contributed by atoms with E-state index in [1.807, 2.05) is 45.0 Å². The van der Waals surface area contributed by atoms with Crippen molar-refractivity contribution < 1.29 is 9.53 Å². The average Bonchev–Trinajstić information content (AvgIpc) is 2.92. The molecular weight excluding hydrogens is 352 g/mol. The molecule has 0 aliphatic carbocycles. The van der Waals surface area contributed by atoms with E-state index in [0.717, 1.165) is 38.0 Å². The lowest BCUT2D eigenvalue weighted by Gasteiger charge is -2.28. The lowest BCUT2D eigenvalue weighted by molar-refractivity contribution is 0.0501. The van der Waals surface area contributed by atoms with Crippen molar-refractivity contribution >= 4 is 6.09 Å². The molecule has 6 nitrogen and oxygen atoms in total. The zero-order chi connectivity index (χ0) is 20.8. The molecule has 1 fully saturated rings. The Morgan fingerprint density at radius 1 is 1.36 bits per heavy atom. The summed E-state index contributed by atoms with van der Waals surface area (Å²) in [6.45, 7) is 10.8. The Balaban J connectivity index is 1.96. The molecule has 0 spiro atoms. The number of nitrogens with one attached hydrogen (secondary N) is 2. The van der Waals surface area contributed by atoms with E-state index in [1.54, 1.807) is 0 Å². The molecule has 1 aliphatic rings. The van der Waals surface area contributed by atoms with Gasteiger partial charge in [0.25, 0.3) is 0 Å². The second kappa shape index (κ2) is 9.40. The maximum absolute atomic E-state index is 12.3. The Hall–Kier alpha value is -2.10. The molecule has 1 aromatic rings. The summed E-state index contributed by atoms with van der Waals surface area (Å²) in [5, 5.41) is 15.7. The number of amides is 1. The standard InChI is InChI=1S/C22H34N4O2/c1-21(2,3)28-20(27)25-19(14-17-6-8-18(15-23)9-7-17)10-12-24-22(4)11-13-26(5)16-22/h6-9,19,24H,10-14,16H2,1-5H3,(H,25,27)/t19-,22-/m0/s1. The number of nitrogens with zero attached hydrogens (tertiary/aromatic N) is 2. The molecule has 0 aromatic heterocycles. The van der Waals surface area contributed by atoms with Crippen LogP contribution in [0.25, 0.3) is 0 Å². The van der Waals surface area contributed by atoms with Crippen LogP contribution in [-0.2, 0) is 11.2 Å². The molecule has 28 heavy (non-hydrogen) atoms. The zero-order valence-electron chi connectivity index (χ0n) is 17.8. The zero-order valence-corrected chi connectivity index (χ0v) is 17.8. The molecule has 6 heteroatoms. The molecule has 1 aromatic carbocycles. The molecule has 0 radical (unpaired) electrons. The lowest BCUT2D eigenvalue weighted by atomic mass is 9.99. The fraction of sp³-hybridized carbons (Fsp3) is 0.636. The highest BCUT2D eigenvalue weighted by Crippen LogP contribution is 2.19. The minimum absolute atomic E-state index is 0.0435. The van der Waals surface area contributed by atoms with E-state index in [4.69, 9.17) is 10.00 Å². The van der Waals surface area contributed by atoms with Gasteiger partial charge in [-0.05, 0) is 84.8 Å². The van der Waals surface area contributed by atoms with E-state index in [-0.39, 0.29) is 11.6 Å². The van der Waals surface area contributed by atoms with Crippen LogP contribution in [0.2, 0.25) is 0 Å². The number of likely N-dealkylation sites (N-methyl/N-ethyl adjacent to an activating group) is 1. The highest BCUT2D eigenvalue weighted by atomic mass is 16.6. The summed E-state index contributed by atoms with van der Waals surface area (Å²) >= 11 is 0. The van der Waals surface area contributed by atoms with Crippen LogP contribution in [0.3, 0.4) is 0 Å². The van der Waals surface area contributed by atoms with Crippen LogP contribution in [0.1, 0.15) is 51.7 Å². The van der Waals surface area contributed by atoms with Crippen molar-refractivity contribution in [3.05, 3.63) is 35.4 Å². The van der Waals surface area contributed by atoms with Crippen molar-refractivity contribution in [1.82, 2.24) is 15.5 Å². The molecular formula is C22H34N4O2. The van der Waals surface area contributed by atoms with E-state index in [0.29, 0.717) is 12.0 Å². The Labute approximate surface area is 169 Å². The van der Waals surface area contributed by atoms with Gasteiger partial charge < -0.3 is 20.3 Å². The molecule has 0 unspecified atom stereocenters. The van der Waals surface area contributed by atoms with Gasteiger partial charge in [0, 0.05) is 18.1 Å². The fourth-order valence-electron chi connectivity index (χ4n) is 3.58. The minimum Gasteiger partial charge on any atom is -0.444 e. The van der Waals surface area contributed by atoms with Crippen LogP contribution in [0.4, 0.5) is 4.79 Å². The predicted molar refractivity (Wildman–Crippen MR) is 111 cm³/mol. The van der Waals surface area contributed by atoms with Crippen LogP contribution >= 0.6 is 0 Å². The van der Waals surface area contributed by atoms with Gasteiger partial charge in [-0.2, -0.15) is 5.26 Å². The summed E-state index contributed by atoms with van der Waals surface area (Å²) in [5.41, 5.74) is 1.33. The third kappa shape index (κ3) is 7.49. The first-order valence-electron chi connectivity index (χ1n) is 10.0. The molecule has 2 rings (SSSR count). The summed E-state index contributed by atoms with van der Waals surface area (Å²) < 4.78 is 5.44. The number of hydrogen-bond donors (Lipinski definition) is 2. The molecule has 1 aliphatic heterocycles. The Bertz CT molecular complexity index is 690. The van der Waals surface area contributed by atoms with Crippen LogP contribution in [0.5, 0.6) is 0 Å². The molecule has 0 bridgehead atoms. The molecule has 154 valence electrons. The number of alkyl carbamates (subject to hydrolysis) is 1. The van der Waals surface area contributed by atoms with E-state index in [1.165, 1.54) is 0 Å². The van der Waals surface area contributed by atoms with Crippen molar-refractivity contribution in [1.29, 1.82) is 5.26 Å². The monoisotopic (exact) mass is 386 g/mol. The van der Waals surface area contributed by atoms with E-state index in [2.05, 4.69) is 35.6 Å². The number of ether oxygens (including phenoxy) is 1. The third-order valence-corrected chi connectivity index (χ3v) is 4.99. The van der Waals surface area contributed by atoms with Gasteiger partial charge in [-0.15, -0.1) is 0 Å². The van der Waals surface area contributed by atoms with Gasteiger partial charge in [0.15, 0.2) is 0 Å². The maximum atomic E-state index is 12.3. The summed E-state index contributed by atoms with van der Waals surface area (Å²) in [6, 6.07) is 9.61. The highest BCUT2D eigenvalue weighted by Gasteiger charge is 2.31. The first-order chi connectivity index (χ1) is 13.1. The van der Waals surface area contributed by atoms with Gasteiger partial charge in [-0.1, -0.05) is 12.1 Å². The van der Waals surface area contributed by atoms with Gasteiger partial charge in [0.1, 0.15) is 5.60 Å². The Morgan fingerprint density at radius 3 is 2.57 bits per heavy atom. The average molecular weight is 387 g/mol. The van der Waals surface area contributed by atoms with Crippen molar-refractivity contribution in [3.63, 3.8) is 0 Å². The first-order valence-corrected chi connectivity index (χ1v) is 10.0. The molecule has 2 N–H and O–H groups in total. The smallest absolute Gasteiger partial charge is 0.407 e. The Morgan fingerprint density at radius 2 is 2.04 bits per heavy atom. The van der Waals surface area contributed by atoms with Gasteiger partial charge in [-0.3, -0.25) is 0 Å². The first kappa shape index (κ1) is 22.2. The van der Waals surface area contributed by atoms with E-state index >= 15 is 0 Å². The lowest BCUT2D eigenvalue weighted by Crippen LogP contribution is -2.47. The maximum Gasteiger partial charge on any atom is 0.407 e. The largest absolute Gasteiger partial charge is 0.444 e. The van der Waals surface area contributed by atoms with Gasteiger partial charge in [0.05, 0.1) is 11.6 Å². The number of benzene rings is 1. The molecule has 1 heterocycles. The van der Waals surface area contributed by atoms with Crippen molar-refractivity contribution in [3.8, 4) is 6.07 Å². The molecule has 2 atom stereocenters. The minimum atomic E-state index is -0.525. The number of likely N-dealkylation sites (tertiary alicyclic amines) is 1. The van der Waals surface area contributed by atoms with Gasteiger partial charge in [-0.25, -0.2) is 4.79 Å². The number of carbonyl (C=O) groups is 1. The third-order valence-electron chi connectivity index (χ3n) is 4.99. The van der Waals surface area contributed by atoms with Crippen LogP contribution < -0.4 is 10.6 Å². The number of rotatable bonds is 7. The van der Waals surface area contributed by atoms with Crippen molar-refractivity contribution in [2.45, 2.75) is 64.1 Å². The second-order valence-electron chi connectivity index (χ2n) is 9.12. The number of hydrogen-bond acceptors (Lipinski definition) is 5. The normalized spacial score (nSPS) is 21.1. The van der Waals surface area contributed by atoms with Crippen LogP contribution in [-0.4, -0.2) is 54.9 Å². The fourth-order valence-corrected chi connectivity index (χ4v) is 3.58. The summed E-state index contributed by atoms with van der Waals surface area (Å²) in [5.74, 6) is 0. The number of carbonyl (C=O) groups excluding carboxylic acids is 1. The Kier molecular flexibility index (Phi) is 7.45. The predicted octanol–water partition coefficient (Wildman–Crippen LogP) is 3.07. The molecule has 0 saturated carbocycles. The summed E-state index contributed by atoms with van der Waals surface area (Å²) in [4.78, 5) is 14.6. The van der Waals surface area contributed by atoms with E-state index in [9.17, 15) is 4.79 Å². The molecule has 1 amide bonds. The van der Waals surface area contributed by atoms with Crippen LogP contribution in [0.15, 0.2) is 24.3 Å². The van der Waals surface area contributed by atoms with Crippen molar-refractivity contribution in [2.24, 2.45) is 0 Å². The van der Waals surface area contributed by atoms with Crippen molar-refractivity contribution in [2.75, 3.05) is 26.7 Å². The number of nitriles is 1. The van der Waals surface area contributed by atoms with E-state index < -0.39 is 11.7 Å². The van der Waals surface area contributed by atoms with Crippen LogP contribution in [0, 0.1) is 11.3 Å². The highest BCUT2D eigenvalue weighted by molar-refractivity contribution is 5.68. The topological polar surface area (TPSA) is 77.4 Å². The SMILES string of the molecule is CN1CC[C@](C)(NCC[C@@H](Cc2ccc(C#N)cc2)NC(=O)OC(C)(C)C)C1. The van der Waals surface area contributed by atoms with Gasteiger partial charge in [0.2, 0.25) is 0 Å². The quantitative estimate of drug-likeness (QED) is 0.753.